The van der Waals surface area contributed by atoms with Crippen LogP contribution in [0.25, 0.3) is 0 Å². The molecule has 3 aliphatic rings. The zero-order valence-corrected chi connectivity index (χ0v) is 12.6. The molecule has 4 rings (SSSR count). The Morgan fingerprint density at radius 3 is 2.86 bits per heavy atom. The van der Waals surface area contributed by atoms with Gasteiger partial charge in [0, 0.05) is 31.5 Å². The van der Waals surface area contributed by atoms with E-state index in [-0.39, 0.29) is 42.0 Å². The van der Waals surface area contributed by atoms with E-state index in [9.17, 15) is 9.18 Å². The molecule has 1 aromatic carbocycles. The largest absolute Gasteiger partial charge is 0.353 e. The van der Waals surface area contributed by atoms with Crippen molar-refractivity contribution in [2.45, 2.75) is 50.8 Å². The molecule has 4 nitrogen and oxygen atoms in total. The number of benzene rings is 1. The van der Waals surface area contributed by atoms with Crippen molar-refractivity contribution in [2.75, 3.05) is 6.61 Å². The van der Waals surface area contributed by atoms with Crippen LogP contribution in [0.3, 0.4) is 0 Å². The number of hydrogen-bond donors (Lipinski definition) is 0. The van der Waals surface area contributed by atoms with Crippen molar-refractivity contribution in [2.24, 2.45) is 5.92 Å². The van der Waals surface area contributed by atoms with E-state index in [0.717, 1.165) is 12.0 Å². The molecule has 3 aliphatic heterocycles. The average molecular weight is 305 g/mol. The highest BCUT2D eigenvalue weighted by Crippen LogP contribution is 2.47. The number of piperidine rings is 1. The minimum Gasteiger partial charge on any atom is -0.353 e. The van der Waals surface area contributed by atoms with Crippen LogP contribution in [-0.4, -0.2) is 41.8 Å². The second-order valence-corrected chi connectivity index (χ2v) is 6.37. The Bertz CT molecular complexity index is 576. The molecule has 5 heteroatoms. The van der Waals surface area contributed by atoms with Crippen molar-refractivity contribution in [3.63, 3.8) is 0 Å². The minimum atomic E-state index is -0.235. The maximum atomic E-state index is 13.1. The lowest BCUT2D eigenvalue weighted by Crippen LogP contribution is -2.51. The Morgan fingerprint density at radius 1 is 1.36 bits per heavy atom. The Hall–Kier alpha value is -1.30. The summed E-state index contributed by atoms with van der Waals surface area (Å²) in [6.45, 7) is 3.25. The summed E-state index contributed by atoms with van der Waals surface area (Å²) in [5, 5.41) is 0. The Kier molecular flexibility index (Phi) is 3.51. The summed E-state index contributed by atoms with van der Waals surface area (Å²) in [4.78, 5) is 14.6. The summed E-state index contributed by atoms with van der Waals surface area (Å²) in [5.74, 6) is 0.295. The predicted molar refractivity (Wildman–Crippen MR) is 77.5 cm³/mol. The first kappa shape index (κ1) is 14.3. The molecule has 118 valence electrons. The van der Waals surface area contributed by atoms with Crippen LogP contribution in [0.15, 0.2) is 24.3 Å². The van der Waals surface area contributed by atoms with Gasteiger partial charge >= 0.3 is 0 Å². The number of ketones is 1. The first-order valence-corrected chi connectivity index (χ1v) is 7.97. The van der Waals surface area contributed by atoms with E-state index in [1.54, 1.807) is 12.1 Å². The Morgan fingerprint density at radius 2 is 2.14 bits per heavy atom. The number of hydrogen-bond acceptors (Lipinski definition) is 4. The maximum Gasteiger partial charge on any atom is 0.162 e. The van der Waals surface area contributed by atoms with E-state index in [0.29, 0.717) is 19.6 Å². The molecule has 0 aliphatic carbocycles. The lowest BCUT2D eigenvalue weighted by molar-refractivity contribution is -0.164. The summed E-state index contributed by atoms with van der Waals surface area (Å²) in [5.41, 5.74) is 1.03. The first-order chi connectivity index (χ1) is 10.7. The van der Waals surface area contributed by atoms with E-state index in [1.165, 1.54) is 12.1 Å². The number of ether oxygens (including phenoxy) is 2. The standard InChI is InChI=1S/C17H20FNO3/c1-2-21-17-12-7-13-14(20)8-15(22-17)16(12)19(13)9-10-3-5-11(18)6-4-10/h3-6,12-13,15-17H,2,7-9H2,1H3/t12-,13-,15+,16+,17-/m1/s1. The first-order valence-electron chi connectivity index (χ1n) is 7.97. The average Bonchev–Trinajstić information content (AvgIpc) is 2.97. The Labute approximate surface area is 129 Å². The summed E-state index contributed by atoms with van der Waals surface area (Å²) < 4.78 is 24.7. The minimum absolute atomic E-state index is 0.0387. The van der Waals surface area contributed by atoms with Crippen molar-refractivity contribution in [3.8, 4) is 0 Å². The van der Waals surface area contributed by atoms with Gasteiger partial charge in [-0.05, 0) is 31.0 Å². The normalized spacial score (nSPS) is 37.0. The number of carbonyl (C=O) groups excluding carboxylic acids is 1. The summed E-state index contributed by atoms with van der Waals surface area (Å²) in [7, 11) is 0. The third-order valence-corrected chi connectivity index (χ3v) is 5.14. The predicted octanol–water partition coefficient (Wildman–Crippen LogP) is 2.12. The molecule has 0 radical (unpaired) electrons. The highest BCUT2D eigenvalue weighted by Gasteiger charge is 2.60. The molecule has 3 heterocycles. The lowest BCUT2D eigenvalue weighted by atomic mass is 9.96. The fourth-order valence-electron chi connectivity index (χ4n) is 4.26. The molecule has 0 unspecified atom stereocenters. The topological polar surface area (TPSA) is 38.8 Å². The molecule has 1 aromatic rings. The van der Waals surface area contributed by atoms with Gasteiger partial charge < -0.3 is 9.47 Å². The molecule has 22 heavy (non-hydrogen) atoms. The summed E-state index contributed by atoms with van der Waals surface area (Å²) in [6.07, 6.45) is 1.06. The van der Waals surface area contributed by atoms with Crippen molar-refractivity contribution in [1.29, 1.82) is 0 Å². The monoisotopic (exact) mass is 305 g/mol. The second-order valence-electron chi connectivity index (χ2n) is 6.37. The van der Waals surface area contributed by atoms with Crippen LogP contribution in [0.4, 0.5) is 4.39 Å². The fourth-order valence-corrected chi connectivity index (χ4v) is 4.26. The van der Waals surface area contributed by atoms with Crippen LogP contribution in [-0.2, 0) is 20.8 Å². The van der Waals surface area contributed by atoms with Gasteiger partial charge in [0.2, 0.25) is 0 Å². The van der Waals surface area contributed by atoms with Crippen molar-refractivity contribution < 1.29 is 18.7 Å². The Balaban J connectivity index is 1.58. The van der Waals surface area contributed by atoms with Gasteiger partial charge in [-0.3, -0.25) is 9.69 Å². The SMILES string of the molecule is CCO[C@@H]1O[C@H]2CC(=O)[C@H]3C[C@@H]1[C@@H]2N3Cc1ccc(F)cc1. The number of fused-ring (bicyclic) bond motifs is 1. The molecule has 5 atom stereocenters. The fraction of sp³-hybridized carbons (Fsp3) is 0.588. The van der Waals surface area contributed by atoms with Crippen molar-refractivity contribution >= 4 is 5.78 Å². The molecular weight excluding hydrogens is 285 g/mol. The molecule has 0 aromatic heterocycles. The van der Waals surface area contributed by atoms with E-state index in [4.69, 9.17) is 9.47 Å². The van der Waals surface area contributed by atoms with Crippen LogP contribution in [0.5, 0.6) is 0 Å². The van der Waals surface area contributed by atoms with E-state index >= 15 is 0 Å². The number of carbonyl (C=O) groups is 1. The third kappa shape index (κ3) is 2.19. The lowest BCUT2D eigenvalue weighted by Gasteiger charge is -2.36. The van der Waals surface area contributed by atoms with Gasteiger partial charge in [0.25, 0.3) is 0 Å². The number of halogens is 1. The highest BCUT2D eigenvalue weighted by atomic mass is 19.1. The number of rotatable bonds is 4. The third-order valence-electron chi connectivity index (χ3n) is 5.14. The molecule has 0 saturated carbocycles. The van der Waals surface area contributed by atoms with E-state index < -0.39 is 0 Å². The molecule has 0 N–H and O–H groups in total. The van der Waals surface area contributed by atoms with E-state index in [1.807, 2.05) is 6.92 Å². The van der Waals surface area contributed by atoms with Crippen LogP contribution in [0.2, 0.25) is 0 Å². The van der Waals surface area contributed by atoms with Gasteiger partial charge in [-0.1, -0.05) is 12.1 Å². The maximum absolute atomic E-state index is 13.1. The number of nitrogens with zero attached hydrogens (tertiary/aromatic N) is 1. The number of Topliss-reactive ketones (excluding diaryl/α,β-unsaturated/α-hetero) is 1. The molecule has 2 bridgehead atoms. The molecule has 0 spiro atoms. The summed E-state index contributed by atoms with van der Waals surface area (Å²) >= 11 is 0. The zero-order valence-electron chi connectivity index (χ0n) is 12.6. The smallest absolute Gasteiger partial charge is 0.162 e. The van der Waals surface area contributed by atoms with Crippen LogP contribution >= 0.6 is 0 Å². The molecule has 3 saturated heterocycles. The van der Waals surface area contributed by atoms with Crippen molar-refractivity contribution in [3.05, 3.63) is 35.6 Å². The van der Waals surface area contributed by atoms with Gasteiger partial charge in [-0.15, -0.1) is 0 Å². The van der Waals surface area contributed by atoms with Crippen LogP contribution < -0.4 is 0 Å². The van der Waals surface area contributed by atoms with Gasteiger partial charge in [0.15, 0.2) is 12.1 Å². The van der Waals surface area contributed by atoms with Crippen molar-refractivity contribution in [1.82, 2.24) is 4.90 Å². The quantitative estimate of drug-likeness (QED) is 0.854. The van der Waals surface area contributed by atoms with Crippen LogP contribution in [0.1, 0.15) is 25.3 Å². The highest BCUT2D eigenvalue weighted by molar-refractivity contribution is 5.86. The molecular formula is C17H20FNO3. The van der Waals surface area contributed by atoms with Gasteiger partial charge in [0.1, 0.15) is 5.82 Å². The molecule has 0 amide bonds. The van der Waals surface area contributed by atoms with Crippen LogP contribution in [0, 0.1) is 11.7 Å². The van der Waals surface area contributed by atoms with Gasteiger partial charge in [-0.2, -0.15) is 0 Å². The zero-order chi connectivity index (χ0) is 15.3. The second kappa shape index (κ2) is 5.41. The van der Waals surface area contributed by atoms with E-state index in [2.05, 4.69) is 4.90 Å². The molecule has 3 fully saturated rings. The summed E-state index contributed by atoms with van der Waals surface area (Å²) in [6, 6.07) is 6.72. The van der Waals surface area contributed by atoms with Gasteiger partial charge in [-0.25, -0.2) is 4.39 Å². The van der Waals surface area contributed by atoms with Gasteiger partial charge in [0.05, 0.1) is 12.1 Å².